The largest absolute Gasteiger partial charge is 0.377 e. The molecule has 2 heterocycles. The second kappa shape index (κ2) is 7.16. The zero-order valence-electron chi connectivity index (χ0n) is 16.1. The van der Waals surface area contributed by atoms with Crippen LogP contribution in [-0.2, 0) is 21.4 Å². The Hall–Kier alpha value is -2.26. The number of ketones is 1. The standard InChI is InChI=1S/C20H18Cl2FN3O4/c1-19(8-30-9-19)25-20(7-27)15(17(20)28)10-3-14(26(2)6-10)18(29)24-11-4-12(21)16(23)13(22)5-11/h3-7,15,25H,8-9H2,1-2H3,(H,24,29). The number of benzene rings is 1. The molecule has 7 nitrogen and oxygen atoms in total. The summed E-state index contributed by atoms with van der Waals surface area (Å²) in [4.78, 5) is 37.1. The Labute approximate surface area is 181 Å². The van der Waals surface area contributed by atoms with Gasteiger partial charge in [-0.3, -0.25) is 14.9 Å². The lowest BCUT2D eigenvalue weighted by atomic mass is 9.97. The molecule has 2 fully saturated rings. The van der Waals surface area contributed by atoms with Crippen LogP contribution in [-0.4, -0.2) is 46.8 Å². The number of Topliss-reactive ketones (excluding diaryl/α,β-unsaturated/α-hetero) is 1. The summed E-state index contributed by atoms with van der Waals surface area (Å²) in [7, 11) is 1.65. The predicted octanol–water partition coefficient (Wildman–Crippen LogP) is 2.71. The van der Waals surface area contributed by atoms with Gasteiger partial charge in [-0.05, 0) is 30.7 Å². The van der Waals surface area contributed by atoms with Crippen LogP contribution >= 0.6 is 23.2 Å². The summed E-state index contributed by atoms with van der Waals surface area (Å²) < 4.78 is 20.3. The number of nitrogens with zero attached hydrogens (tertiary/aromatic N) is 1. The van der Waals surface area contributed by atoms with Crippen molar-refractivity contribution in [2.75, 3.05) is 18.5 Å². The second-order valence-electron chi connectivity index (χ2n) is 7.94. The minimum Gasteiger partial charge on any atom is -0.377 e. The Morgan fingerprint density at radius 3 is 2.47 bits per heavy atom. The van der Waals surface area contributed by atoms with Crippen LogP contribution in [0.3, 0.4) is 0 Å². The van der Waals surface area contributed by atoms with E-state index in [1.54, 1.807) is 23.9 Å². The van der Waals surface area contributed by atoms with Gasteiger partial charge in [0.05, 0.1) is 34.7 Å². The lowest BCUT2D eigenvalue weighted by Gasteiger charge is -2.40. The van der Waals surface area contributed by atoms with Crippen LogP contribution in [0.25, 0.3) is 0 Å². The van der Waals surface area contributed by atoms with Crippen LogP contribution in [0.15, 0.2) is 24.4 Å². The Morgan fingerprint density at radius 2 is 1.93 bits per heavy atom. The number of aromatic nitrogens is 1. The molecular weight excluding hydrogens is 436 g/mol. The number of aldehydes is 1. The average Bonchev–Trinajstić information content (AvgIpc) is 3.03. The molecule has 2 unspecified atom stereocenters. The molecule has 1 saturated carbocycles. The Bertz CT molecular complexity index is 1060. The molecule has 2 atom stereocenters. The first kappa shape index (κ1) is 21.0. The summed E-state index contributed by atoms with van der Waals surface area (Å²) in [6.45, 7) is 2.70. The normalized spacial score (nSPS) is 24.3. The van der Waals surface area contributed by atoms with Crippen molar-refractivity contribution < 1.29 is 23.5 Å². The highest BCUT2D eigenvalue weighted by molar-refractivity contribution is 6.35. The van der Waals surface area contributed by atoms with E-state index in [-0.39, 0.29) is 27.2 Å². The molecule has 0 radical (unpaired) electrons. The van der Waals surface area contributed by atoms with Crippen LogP contribution in [0.5, 0.6) is 0 Å². The van der Waals surface area contributed by atoms with E-state index in [0.29, 0.717) is 25.1 Å². The number of nitrogens with one attached hydrogen (secondary N) is 2. The summed E-state index contributed by atoms with van der Waals surface area (Å²) >= 11 is 11.5. The van der Waals surface area contributed by atoms with E-state index in [1.807, 2.05) is 6.92 Å². The van der Waals surface area contributed by atoms with E-state index < -0.39 is 28.7 Å². The lowest BCUT2D eigenvalue weighted by molar-refractivity contribution is -0.121. The van der Waals surface area contributed by atoms with Gasteiger partial charge in [0.1, 0.15) is 17.5 Å². The van der Waals surface area contributed by atoms with Crippen molar-refractivity contribution in [1.82, 2.24) is 9.88 Å². The molecule has 2 N–H and O–H groups in total. The molecule has 0 bridgehead atoms. The van der Waals surface area contributed by atoms with Crippen LogP contribution < -0.4 is 10.6 Å². The molecule has 10 heteroatoms. The summed E-state index contributed by atoms with van der Waals surface area (Å²) in [5.41, 5.74) is -0.735. The van der Waals surface area contributed by atoms with E-state index in [4.69, 9.17) is 27.9 Å². The van der Waals surface area contributed by atoms with Crippen LogP contribution in [0.4, 0.5) is 10.1 Å². The third-order valence-corrected chi connectivity index (χ3v) is 5.96. The second-order valence-corrected chi connectivity index (χ2v) is 8.75. The number of hydrogen-bond donors (Lipinski definition) is 2. The fourth-order valence-corrected chi connectivity index (χ4v) is 4.29. The summed E-state index contributed by atoms with van der Waals surface area (Å²) in [5.74, 6) is -2.21. The van der Waals surface area contributed by atoms with E-state index in [2.05, 4.69) is 10.6 Å². The molecule has 1 aromatic heterocycles. The number of halogens is 3. The summed E-state index contributed by atoms with van der Waals surface area (Å²) in [6, 6.07) is 4.05. The van der Waals surface area contributed by atoms with Gasteiger partial charge >= 0.3 is 0 Å². The molecule has 1 aliphatic heterocycles. The maximum atomic E-state index is 13.6. The number of aryl methyl sites for hydroxylation is 1. The zero-order valence-corrected chi connectivity index (χ0v) is 17.6. The average molecular weight is 454 g/mol. The maximum Gasteiger partial charge on any atom is 0.272 e. The molecule has 1 aromatic carbocycles. The molecule has 4 rings (SSSR count). The van der Waals surface area contributed by atoms with Crippen molar-refractivity contribution in [1.29, 1.82) is 0 Å². The van der Waals surface area contributed by atoms with E-state index in [0.717, 1.165) is 0 Å². The van der Waals surface area contributed by atoms with Crippen molar-refractivity contribution in [2.24, 2.45) is 7.05 Å². The highest BCUT2D eigenvalue weighted by Gasteiger charge is 2.68. The van der Waals surface area contributed by atoms with Crippen molar-refractivity contribution in [3.05, 3.63) is 51.5 Å². The number of carbonyl (C=O) groups is 3. The van der Waals surface area contributed by atoms with Crippen LogP contribution in [0, 0.1) is 5.82 Å². The monoisotopic (exact) mass is 453 g/mol. The van der Waals surface area contributed by atoms with Gasteiger partial charge in [0, 0.05) is 18.9 Å². The molecule has 1 aliphatic carbocycles. The SMILES string of the molecule is Cn1cc(C2C(=O)C2(C=O)NC2(C)COC2)cc1C(=O)Nc1cc(Cl)c(F)c(Cl)c1. The van der Waals surface area contributed by atoms with Gasteiger partial charge in [0.2, 0.25) is 0 Å². The zero-order chi connectivity index (χ0) is 21.8. The van der Waals surface area contributed by atoms with Crippen molar-refractivity contribution >= 4 is 46.9 Å². The number of amides is 1. The topological polar surface area (TPSA) is 89.4 Å². The molecule has 0 spiro atoms. The van der Waals surface area contributed by atoms with E-state index in [9.17, 15) is 18.8 Å². The molecular formula is C20H18Cl2FN3O4. The van der Waals surface area contributed by atoms with Crippen molar-refractivity contribution in [3.63, 3.8) is 0 Å². The van der Waals surface area contributed by atoms with Gasteiger partial charge in [-0.1, -0.05) is 23.2 Å². The number of carbonyl (C=O) groups excluding carboxylic acids is 3. The highest BCUT2D eigenvalue weighted by atomic mass is 35.5. The molecule has 1 saturated heterocycles. The minimum atomic E-state index is -1.31. The summed E-state index contributed by atoms with van der Waals surface area (Å²) in [6.07, 6.45) is 2.26. The van der Waals surface area contributed by atoms with Gasteiger partial charge in [0.25, 0.3) is 5.91 Å². The van der Waals surface area contributed by atoms with Gasteiger partial charge in [0.15, 0.2) is 11.6 Å². The molecule has 2 aliphatic rings. The third-order valence-electron chi connectivity index (χ3n) is 5.41. The first-order valence-corrected chi connectivity index (χ1v) is 9.86. The molecule has 2 aromatic rings. The quantitative estimate of drug-likeness (QED) is 0.398. The lowest BCUT2D eigenvalue weighted by Crippen LogP contribution is -2.63. The van der Waals surface area contributed by atoms with Gasteiger partial charge in [-0.25, -0.2) is 4.39 Å². The highest BCUT2D eigenvalue weighted by Crippen LogP contribution is 2.48. The fraction of sp³-hybridized carbons (Fsp3) is 0.350. The Balaban J connectivity index is 1.55. The van der Waals surface area contributed by atoms with Crippen LogP contribution in [0.2, 0.25) is 10.0 Å². The molecule has 1 amide bonds. The van der Waals surface area contributed by atoms with Gasteiger partial charge in [-0.2, -0.15) is 0 Å². The number of rotatable bonds is 6. The van der Waals surface area contributed by atoms with Crippen LogP contribution in [0.1, 0.15) is 28.9 Å². The number of anilines is 1. The molecule has 30 heavy (non-hydrogen) atoms. The smallest absolute Gasteiger partial charge is 0.272 e. The third kappa shape index (κ3) is 3.33. The van der Waals surface area contributed by atoms with Gasteiger partial charge in [-0.15, -0.1) is 0 Å². The fourth-order valence-electron chi connectivity index (χ4n) is 3.80. The first-order valence-electron chi connectivity index (χ1n) is 9.10. The van der Waals surface area contributed by atoms with Crippen molar-refractivity contribution in [2.45, 2.75) is 23.9 Å². The Kier molecular flexibility index (Phi) is 5.01. The number of hydrogen-bond acceptors (Lipinski definition) is 5. The van der Waals surface area contributed by atoms with Gasteiger partial charge < -0.3 is 19.4 Å². The number of ether oxygens (including phenoxy) is 1. The van der Waals surface area contributed by atoms with Crippen molar-refractivity contribution in [3.8, 4) is 0 Å². The maximum absolute atomic E-state index is 13.6. The first-order chi connectivity index (χ1) is 14.1. The van der Waals surface area contributed by atoms with E-state index in [1.165, 1.54) is 12.1 Å². The predicted molar refractivity (Wildman–Crippen MR) is 109 cm³/mol. The minimum absolute atomic E-state index is 0.218. The molecule has 158 valence electrons. The van der Waals surface area contributed by atoms with E-state index >= 15 is 0 Å². The Morgan fingerprint density at radius 1 is 1.30 bits per heavy atom. The summed E-state index contributed by atoms with van der Waals surface area (Å²) in [5, 5.41) is 5.29.